The van der Waals surface area contributed by atoms with Crippen molar-refractivity contribution < 1.29 is 37.3 Å². The van der Waals surface area contributed by atoms with Crippen LogP contribution in [0.25, 0.3) is 0 Å². The summed E-state index contributed by atoms with van der Waals surface area (Å²) < 4.78 is 34.8. The maximum Gasteiger partial charge on any atom is 0.306 e. The minimum Gasteiger partial charge on any atom is -0.756 e. The Hall–Kier alpha value is -2.58. The maximum absolute atomic E-state index is 12.8. The second kappa shape index (κ2) is 49.8. The van der Waals surface area contributed by atoms with Gasteiger partial charge in [-0.1, -0.05) is 201 Å². The average molecular weight is 956 g/mol. The molecule has 0 bridgehead atoms. The van der Waals surface area contributed by atoms with Crippen molar-refractivity contribution in [3.63, 3.8) is 0 Å². The van der Waals surface area contributed by atoms with Crippen LogP contribution in [0.4, 0.5) is 0 Å². The van der Waals surface area contributed by atoms with E-state index in [1.165, 1.54) is 83.5 Å². The molecule has 0 heterocycles. The van der Waals surface area contributed by atoms with Crippen LogP contribution < -0.4 is 4.89 Å². The number of esters is 1. The molecule has 0 rings (SSSR count). The molecule has 0 fully saturated rings. The normalized spacial score (nSPS) is 14.3. The van der Waals surface area contributed by atoms with Crippen LogP contribution in [0.5, 0.6) is 0 Å². The Labute approximate surface area is 413 Å². The molecule has 0 saturated carbocycles. The SMILES string of the molecule is CC/C=C\C/C=C\C/C=C\C/C=C\C/C=C\CCCCCCCCCC(=O)OC(COCCCCCCCCC/C=C\C/C=C\C/C=C\CCCCCCC)COP(=O)([O-])OCC[N+](C)(C)C. The topological polar surface area (TPSA) is 94.1 Å². The number of ether oxygens (including phenoxy) is 2. The first-order valence-electron chi connectivity index (χ1n) is 27.0. The molecule has 67 heavy (non-hydrogen) atoms. The smallest absolute Gasteiger partial charge is 0.306 e. The van der Waals surface area contributed by atoms with Gasteiger partial charge in [0.25, 0.3) is 7.82 Å². The molecular formula is C58H102NO7P. The molecule has 0 radical (unpaired) electrons. The van der Waals surface area contributed by atoms with Crippen molar-refractivity contribution >= 4 is 13.8 Å². The van der Waals surface area contributed by atoms with Gasteiger partial charge < -0.3 is 27.9 Å². The van der Waals surface area contributed by atoms with Crippen LogP contribution in [0.1, 0.15) is 206 Å². The second-order valence-corrected chi connectivity index (χ2v) is 20.3. The van der Waals surface area contributed by atoms with Crippen molar-refractivity contribution in [1.29, 1.82) is 0 Å². The zero-order chi connectivity index (χ0) is 49.0. The average Bonchev–Trinajstić information content (AvgIpc) is 3.29. The van der Waals surface area contributed by atoms with E-state index in [0.29, 0.717) is 24.1 Å². The summed E-state index contributed by atoms with van der Waals surface area (Å²) in [6.07, 6.45) is 68.6. The van der Waals surface area contributed by atoms with Gasteiger partial charge >= 0.3 is 5.97 Å². The van der Waals surface area contributed by atoms with E-state index >= 15 is 0 Å². The molecule has 2 unspecified atom stereocenters. The minimum absolute atomic E-state index is 0.0161. The molecule has 0 aliphatic heterocycles. The van der Waals surface area contributed by atoms with Gasteiger partial charge in [-0.3, -0.25) is 9.36 Å². The van der Waals surface area contributed by atoms with Crippen LogP contribution >= 0.6 is 7.82 Å². The van der Waals surface area contributed by atoms with Crippen LogP contribution in [0.3, 0.4) is 0 Å². The van der Waals surface area contributed by atoms with Gasteiger partial charge in [0.1, 0.15) is 19.3 Å². The zero-order valence-corrected chi connectivity index (χ0v) is 44.7. The summed E-state index contributed by atoms with van der Waals surface area (Å²) in [5, 5.41) is 0. The van der Waals surface area contributed by atoms with E-state index in [2.05, 4.69) is 111 Å². The van der Waals surface area contributed by atoms with Crippen LogP contribution in [-0.4, -0.2) is 70.7 Å². The lowest BCUT2D eigenvalue weighted by atomic mass is 10.1. The van der Waals surface area contributed by atoms with Gasteiger partial charge in [0.05, 0.1) is 34.4 Å². The Morgan fingerprint density at radius 3 is 1.30 bits per heavy atom. The van der Waals surface area contributed by atoms with E-state index < -0.39 is 13.9 Å². The number of likely N-dealkylation sites (N-methyl/N-ethyl adjacent to an activating group) is 1. The van der Waals surface area contributed by atoms with Gasteiger partial charge in [0.2, 0.25) is 0 Å². The van der Waals surface area contributed by atoms with Crippen molar-refractivity contribution in [3.05, 3.63) is 97.2 Å². The van der Waals surface area contributed by atoms with Gasteiger partial charge in [-0.05, 0) is 96.3 Å². The number of carbonyl (C=O) groups is 1. The van der Waals surface area contributed by atoms with Crippen molar-refractivity contribution in [3.8, 4) is 0 Å². The maximum atomic E-state index is 12.8. The summed E-state index contributed by atoms with van der Waals surface area (Å²) in [4.78, 5) is 25.2. The molecule has 0 aromatic carbocycles. The summed E-state index contributed by atoms with van der Waals surface area (Å²) in [6.45, 7) is 5.24. The first-order valence-corrected chi connectivity index (χ1v) is 28.4. The monoisotopic (exact) mass is 956 g/mol. The van der Waals surface area contributed by atoms with Crippen molar-refractivity contribution in [2.24, 2.45) is 0 Å². The van der Waals surface area contributed by atoms with Crippen molar-refractivity contribution in [2.75, 3.05) is 54.1 Å². The molecule has 8 nitrogen and oxygen atoms in total. The number of carbonyl (C=O) groups excluding carboxylic acids is 1. The molecule has 2 atom stereocenters. The van der Waals surface area contributed by atoms with Gasteiger partial charge in [0.15, 0.2) is 0 Å². The standard InChI is InChI=1S/C58H102NO7P/c1-6-8-10-12-14-16-18-20-22-24-26-28-30-31-33-35-37-39-41-43-45-47-49-51-58(60)66-57(56-65-67(61,62)64-54-52-59(3,4)5)55-63-53-50-48-46-44-42-40-38-36-34-32-29-27-25-23-21-19-17-15-13-11-9-7-2/h8,10,14,16,19-22,25-28,31-34,57H,6-7,9,11-13,15,17-18,23-24,29-30,35-56H2,1-5H3/b10-8-,16-14-,21-19-,22-20-,27-25-,28-26-,33-31-,34-32-. The molecule has 0 aromatic rings. The molecule has 0 amide bonds. The molecule has 0 aliphatic rings. The first-order chi connectivity index (χ1) is 32.6. The largest absolute Gasteiger partial charge is 0.756 e. The number of phosphoric ester groups is 1. The van der Waals surface area contributed by atoms with Crippen molar-refractivity contribution in [1.82, 2.24) is 0 Å². The third-order valence-electron chi connectivity index (χ3n) is 11.1. The fraction of sp³-hybridized carbons (Fsp3) is 0.707. The molecule has 9 heteroatoms. The number of unbranched alkanes of at least 4 members (excludes halogenated alkanes) is 19. The van der Waals surface area contributed by atoms with Gasteiger partial charge in [0, 0.05) is 13.0 Å². The Balaban J connectivity index is 4.20. The number of rotatable bonds is 49. The van der Waals surface area contributed by atoms with E-state index in [9.17, 15) is 14.3 Å². The summed E-state index contributed by atoms with van der Waals surface area (Å²) in [5.41, 5.74) is 0. The van der Waals surface area contributed by atoms with E-state index in [0.717, 1.165) is 103 Å². The zero-order valence-electron chi connectivity index (χ0n) is 43.8. The summed E-state index contributed by atoms with van der Waals surface area (Å²) in [5.74, 6) is -0.352. The lowest BCUT2D eigenvalue weighted by Crippen LogP contribution is -2.37. The van der Waals surface area contributed by atoms with E-state index in [-0.39, 0.29) is 25.8 Å². The highest BCUT2D eigenvalue weighted by molar-refractivity contribution is 7.45. The quantitative estimate of drug-likeness (QED) is 0.0197. The molecular weight excluding hydrogens is 854 g/mol. The lowest BCUT2D eigenvalue weighted by molar-refractivity contribution is -0.870. The fourth-order valence-corrected chi connectivity index (χ4v) is 7.72. The van der Waals surface area contributed by atoms with E-state index in [1.54, 1.807) is 0 Å². The predicted molar refractivity (Wildman–Crippen MR) is 286 cm³/mol. The highest BCUT2D eigenvalue weighted by Crippen LogP contribution is 2.38. The number of nitrogens with zero attached hydrogens (tertiary/aromatic N) is 1. The van der Waals surface area contributed by atoms with Crippen LogP contribution in [0, 0.1) is 0 Å². The second-order valence-electron chi connectivity index (χ2n) is 18.9. The third kappa shape index (κ3) is 54.2. The number of hydrogen-bond acceptors (Lipinski definition) is 7. The Morgan fingerprint density at radius 1 is 0.478 bits per heavy atom. The molecule has 386 valence electrons. The highest BCUT2D eigenvalue weighted by atomic mass is 31.2. The molecule has 0 spiro atoms. The number of allylic oxidation sites excluding steroid dienone is 16. The molecule has 0 aromatic heterocycles. The Kier molecular flexibility index (Phi) is 47.9. The molecule has 0 N–H and O–H groups in total. The van der Waals surface area contributed by atoms with Crippen molar-refractivity contribution in [2.45, 2.75) is 213 Å². The highest BCUT2D eigenvalue weighted by Gasteiger charge is 2.20. The Morgan fingerprint density at radius 2 is 0.866 bits per heavy atom. The third-order valence-corrected chi connectivity index (χ3v) is 12.1. The number of quaternary nitrogens is 1. The van der Waals surface area contributed by atoms with Gasteiger partial charge in [-0.25, -0.2) is 0 Å². The lowest BCUT2D eigenvalue weighted by Gasteiger charge is -2.28. The minimum atomic E-state index is -4.55. The van der Waals surface area contributed by atoms with Crippen LogP contribution in [-0.2, 0) is 27.9 Å². The Bertz CT molecular complexity index is 1390. The van der Waals surface area contributed by atoms with Crippen LogP contribution in [0.15, 0.2) is 97.2 Å². The number of hydrogen-bond donors (Lipinski definition) is 0. The molecule has 0 aliphatic carbocycles. The predicted octanol–water partition coefficient (Wildman–Crippen LogP) is 16.3. The van der Waals surface area contributed by atoms with E-state index in [4.69, 9.17) is 18.5 Å². The summed E-state index contributed by atoms with van der Waals surface area (Å²) in [7, 11) is 1.33. The van der Waals surface area contributed by atoms with E-state index in [1.807, 2.05) is 21.1 Å². The van der Waals surface area contributed by atoms with Gasteiger partial charge in [-0.2, -0.15) is 0 Å². The van der Waals surface area contributed by atoms with Crippen LogP contribution in [0.2, 0.25) is 0 Å². The number of phosphoric acid groups is 1. The first kappa shape index (κ1) is 64.4. The molecule has 0 saturated heterocycles. The van der Waals surface area contributed by atoms with Gasteiger partial charge in [-0.15, -0.1) is 0 Å². The summed E-state index contributed by atoms with van der Waals surface area (Å²) >= 11 is 0. The fourth-order valence-electron chi connectivity index (χ4n) is 6.99. The summed E-state index contributed by atoms with van der Waals surface area (Å²) in [6, 6.07) is 0.